The fraction of sp³-hybridized carbons (Fsp3) is 0.364. The van der Waals surface area contributed by atoms with Crippen molar-refractivity contribution in [1.29, 1.82) is 0 Å². The van der Waals surface area contributed by atoms with E-state index in [2.05, 4.69) is 10.3 Å². The molecule has 0 amide bonds. The normalized spacial score (nSPS) is 11.9. The van der Waals surface area contributed by atoms with Gasteiger partial charge in [-0.1, -0.05) is 6.07 Å². The molecule has 0 saturated carbocycles. The molecule has 0 aliphatic carbocycles. The summed E-state index contributed by atoms with van der Waals surface area (Å²) >= 11 is 0. The van der Waals surface area contributed by atoms with Gasteiger partial charge in [-0.2, -0.15) is 0 Å². The Morgan fingerprint density at radius 1 is 1.47 bits per heavy atom. The van der Waals surface area contributed by atoms with Gasteiger partial charge in [0, 0.05) is 11.7 Å². The molecule has 0 bridgehead atoms. The fourth-order valence-corrected chi connectivity index (χ4v) is 1.18. The summed E-state index contributed by atoms with van der Waals surface area (Å²) in [5.74, 6) is 0.0131. The highest BCUT2D eigenvalue weighted by Crippen LogP contribution is 2.15. The van der Waals surface area contributed by atoms with Crippen LogP contribution in [0.25, 0.3) is 0 Å². The lowest BCUT2D eigenvalue weighted by Gasteiger charge is -2.09. The molecule has 0 spiro atoms. The van der Waals surface area contributed by atoms with Crippen LogP contribution in [0.2, 0.25) is 0 Å². The maximum atomic E-state index is 12.9. The molecule has 0 saturated heterocycles. The van der Waals surface area contributed by atoms with Crippen molar-refractivity contribution in [3.05, 3.63) is 29.6 Å². The topological polar surface area (TPSA) is 50.4 Å². The molecule has 0 atom stereocenters. The smallest absolute Gasteiger partial charge is 0.193 e. The number of nitrogens with two attached hydrogens (primary N) is 1. The Labute approximate surface area is 89.2 Å². The van der Waals surface area contributed by atoms with E-state index in [0.717, 1.165) is 5.56 Å². The summed E-state index contributed by atoms with van der Waals surface area (Å²) in [5.41, 5.74) is 7.22. The van der Waals surface area contributed by atoms with E-state index in [4.69, 9.17) is 5.73 Å². The van der Waals surface area contributed by atoms with Crippen molar-refractivity contribution in [2.24, 2.45) is 10.7 Å². The SMILES string of the molecule is Cc1ccc(F)cc1NC(N)=NC(C)C. The molecule has 3 N–H and O–H groups in total. The first kappa shape index (κ1) is 11.5. The first-order valence-electron chi connectivity index (χ1n) is 4.85. The second-order valence-electron chi connectivity index (χ2n) is 3.69. The first-order valence-corrected chi connectivity index (χ1v) is 4.85. The Kier molecular flexibility index (Phi) is 3.66. The van der Waals surface area contributed by atoms with Gasteiger partial charge in [0.15, 0.2) is 5.96 Å². The standard InChI is InChI=1S/C11H16FN3/c1-7(2)14-11(13)15-10-6-9(12)5-4-8(10)3/h4-7H,1-3H3,(H3,13,14,15). The van der Waals surface area contributed by atoms with Crippen molar-refractivity contribution in [3.63, 3.8) is 0 Å². The Morgan fingerprint density at radius 2 is 2.13 bits per heavy atom. The maximum Gasteiger partial charge on any atom is 0.193 e. The van der Waals surface area contributed by atoms with Crippen LogP contribution in [0.5, 0.6) is 0 Å². The van der Waals surface area contributed by atoms with E-state index in [1.54, 1.807) is 6.07 Å². The molecule has 0 aliphatic rings. The van der Waals surface area contributed by atoms with Gasteiger partial charge in [-0.25, -0.2) is 4.39 Å². The minimum atomic E-state index is -0.291. The van der Waals surface area contributed by atoms with E-state index in [1.165, 1.54) is 12.1 Å². The average molecular weight is 209 g/mol. The number of aliphatic imine (C=N–C) groups is 1. The summed E-state index contributed by atoms with van der Waals surface area (Å²) in [6.07, 6.45) is 0. The third-order valence-electron chi connectivity index (χ3n) is 1.86. The molecule has 1 rings (SSSR count). The van der Waals surface area contributed by atoms with Crippen LogP contribution in [0.3, 0.4) is 0 Å². The molecule has 1 aromatic carbocycles. The van der Waals surface area contributed by atoms with Crippen LogP contribution in [-0.4, -0.2) is 12.0 Å². The van der Waals surface area contributed by atoms with Crippen LogP contribution in [-0.2, 0) is 0 Å². The number of aryl methyl sites for hydroxylation is 1. The minimum Gasteiger partial charge on any atom is -0.370 e. The Morgan fingerprint density at radius 3 is 2.73 bits per heavy atom. The van der Waals surface area contributed by atoms with Crippen molar-refractivity contribution >= 4 is 11.6 Å². The lowest BCUT2D eigenvalue weighted by atomic mass is 10.2. The van der Waals surface area contributed by atoms with Gasteiger partial charge < -0.3 is 11.1 Å². The Bertz CT molecular complexity index is 372. The summed E-state index contributed by atoms with van der Waals surface area (Å²) in [6, 6.07) is 4.63. The predicted molar refractivity (Wildman–Crippen MR) is 61.5 cm³/mol. The summed E-state index contributed by atoms with van der Waals surface area (Å²) < 4.78 is 12.9. The molecule has 3 nitrogen and oxygen atoms in total. The number of anilines is 1. The average Bonchev–Trinajstić information content (AvgIpc) is 2.10. The molecular formula is C11H16FN3. The second-order valence-corrected chi connectivity index (χ2v) is 3.69. The minimum absolute atomic E-state index is 0.117. The molecule has 1 aromatic rings. The quantitative estimate of drug-likeness (QED) is 0.580. The number of hydrogen-bond acceptors (Lipinski definition) is 1. The number of nitrogens with zero attached hydrogens (tertiary/aromatic N) is 1. The van der Waals surface area contributed by atoms with Crippen molar-refractivity contribution in [1.82, 2.24) is 0 Å². The van der Waals surface area contributed by atoms with E-state index in [9.17, 15) is 4.39 Å². The van der Waals surface area contributed by atoms with Gasteiger partial charge in [-0.3, -0.25) is 4.99 Å². The van der Waals surface area contributed by atoms with Gasteiger partial charge in [0.05, 0.1) is 0 Å². The second kappa shape index (κ2) is 4.77. The summed E-state index contributed by atoms with van der Waals surface area (Å²) in [5, 5.41) is 2.87. The maximum absolute atomic E-state index is 12.9. The van der Waals surface area contributed by atoms with Crippen molar-refractivity contribution in [2.45, 2.75) is 26.8 Å². The van der Waals surface area contributed by atoms with Crippen LogP contribution in [0.1, 0.15) is 19.4 Å². The molecule has 0 radical (unpaired) electrons. The zero-order valence-corrected chi connectivity index (χ0v) is 9.21. The van der Waals surface area contributed by atoms with Crippen molar-refractivity contribution in [2.75, 3.05) is 5.32 Å². The van der Waals surface area contributed by atoms with E-state index in [1.807, 2.05) is 20.8 Å². The number of benzene rings is 1. The summed E-state index contributed by atoms with van der Waals surface area (Å²) in [6.45, 7) is 5.73. The molecule has 0 aliphatic heterocycles. The summed E-state index contributed by atoms with van der Waals surface area (Å²) in [4.78, 5) is 4.10. The monoisotopic (exact) mass is 209 g/mol. The highest BCUT2D eigenvalue weighted by Gasteiger charge is 2.01. The molecule has 15 heavy (non-hydrogen) atoms. The van der Waals surface area contributed by atoms with Gasteiger partial charge in [-0.05, 0) is 38.5 Å². The zero-order valence-electron chi connectivity index (χ0n) is 9.21. The molecule has 4 heteroatoms. The van der Waals surface area contributed by atoms with Gasteiger partial charge in [0.1, 0.15) is 5.82 Å². The lowest BCUT2D eigenvalue weighted by Crippen LogP contribution is -2.24. The lowest BCUT2D eigenvalue weighted by molar-refractivity contribution is 0.628. The van der Waals surface area contributed by atoms with Gasteiger partial charge >= 0.3 is 0 Å². The van der Waals surface area contributed by atoms with Crippen molar-refractivity contribution < 1.29 is 4.39 Å². The molecule has 0 fully saturated rings. The van der Waals surface area contributed by atoms with Crippen LogP contribution < -0.4 is 11.1 Å². The third-order valence-corrected chi connectivity index (χ3v) is 1.86. The van der Waals surface area contributed by atoms with Crippen LogP contribution >= 0.6 is 0 Å². The van der Waals surface area contributed by atoms with E-state index < -0.39 is 0 Å². The first-order chi connectivity index (χ1) is 6.99. The van der Waals surface area contributed by atoms with E-state index in [-0.39, 0.29) is 11.9 Å². The van der Waals surface area contributed by atoms with E-state index in [0.29, 0.717) is 11.6 Å². The number of hydrogen-bond donors (Lipinski definition) is 2. The fourth-order valence-electron chi connectivity index (χ4n) is 1.18. The number of guanidine groups is 1. The number of halogens is 1. The molecular weight excluding hydrogens is 193 g/mol. The number of rotatable bonds is 2. The third kappa shape index (κ3) is 3.58. The Hall–Kier alpha value is -1.58. The highest BCUT2D eigenvalue weighted by atomic mass is 19.1. The van der Waals surface area contributed by atoms with Gasteiger partial charge in [0.25, 0.3) is 0 Å². The Balaban J connectivity index is 2.85. The van der Waals surface area contributed by atoms with Gasteiger partial charge in [0.2, 0.25) is 0 Å². The summed E-state index contributed by atoms with van der Waals surface area (Å²) in [7, 11) is 0. The largest absolute Gasteiger partial charge is 0.370 e. The molecule has 0 aromatic heterocycles. The highest BCUT2D eigenvalue weighted by molar-refractivity contribution is 5.93. The number of nitrogens with one attached hydrogen (secondary N) is 1. The van der Waals surface area contributed by atoms with E-state index >= 15 is 0 Å². The molecule has 0 heterocycles. The predicted octanol–water partition coefficient (Wildman–Crippen LogP) is 2.27. The van der Waals surface area contributed by atoms with Gasteiger partial charge in [-0.15, -0.1) is 0 Å². The molecule has 0 unspecified atom stereocenters. The van der Waals surface area contributed by atoms with Crippen molar-refractivity contribution in [3.8, 4) is 0 Å². The molecule has 82 valence electrons. The zero-order chi connectivity index (χ0) is 11.4. The van der Waals surface area contributed by atoms with Crippen LogP contribution in [0.15, 0.2) is 23.2 Å². The van der Waals surface area contributed by atoms with Crippen LogP contribution in [0, 0.1) is 12.7 Å². The van der Waals surface area contributed by atoms with Crippen LogP contribution in [0.4, 0.5) is 10.1 Å².